The van der Waals surface area contributed by atoms with Crippen LogP contribution in [0.5, 0.6) is 11.5 Å². The summed E-state index contributed by atoms with van der Waals surface area (Å²) in [5.41, 5.74) is 3.18. The van der Waals surface area contributed by atoms with Gasteiger partial charge in [0.2, 0.25) is 0 Å². The summed E-state index contributed by atoms with van der Waals surface area (Å²) >= 11 is 0. The predicted octanol–water partition coefficient (Wildman–Crippen LogP) is 3.80. The van der Waals surface area contributed by atoms with Crippen molar-refractivity contribution in [1.82, 2.24) is 4.98 Å². The number of ether oxygens (including phenoxy) is 4. The van der Waals surface area contributed by atoms with E-state index in [1.165, 1.54) is 14.2 Å². The highest BCUT2D eigenvalue weighted by atomic mass is 16.5. The number of methoxy groups -OCH3 is 4. The molecule has 1 N–H and O–H groups in total. The number of esters is 2. The van der Waals surface area contributed by atoms with Crippen LogP contribution in [0.25, 0.3) is 10.9 Å². The first-order chi connectivity index (χ1) is 15.5. The van der Waals surface area contributed by atoms with E-state index in [9.17, 15) is 9.59 Å². The van der Waals surface area contributed by atoms with Crippen LogP contribution >= 0.6 is 0 Å². The van der Waals surface area contributed by atoms with Gasteiger partial charge < -0.3 is 24.3 Å². The smallest absolute Gasteiger partial charge is 0.338 e. The first-order valence-electron chi connectivity index (χ1n) is 10.0. The molecule has 0 aliphatic carbocycles. The van der Waals surface area contributed by atoms with Gasteiger partial charge in [0.1, 0.15) is 11.5 Å². The van der Waals surface area contributed by atoms with Gasteiger partial charge in [-0.25, -0.2) is 4.79 Å². The average molecular weight is 438 g/mol. The SMILES string of the molecule is COC(=O)C1CCNc2ccc(OC)cc21.COC(=O)c1ccnc2ccc(OC)cc12. The predicted molar refractivity (Wildman–Crippen MR) is 120 cm³/mol. The fourth-order valence-electron chi connectivity index (χ4n) is 3.55. The van der Waals surface area contributed by atoms with E-state index in [1.807, 2.05) is 18.2 Å². The van der Waals surface area contributed by atoms with Crippen LogP contribution in [0, 0.1) is 0 Å². The number of carbonyl (C=O) groups is 2. The van der Waals surface area contributed by atoms with Crippen molar-refractivity contribution < 1.29 is 28.5 Å². The third-order valence-electron chi connectivity index (χ3n) is 5.22. The Morgan fingerprint density at radius 2 is 1.66 bits per heavy atom. The summed E-state index contributed by atoms with van der Waals surface area (Å²) in [6.07, 6.45) is 2.34. The number of anilines is 1. The van der Waals surface area contributed by atoms with Gasteiger partial charge in [0.05, 0.1) is 45.4 Å². The molecule has 0 radical (unpaired) electrons. The Morgan fingerprint density at radius 1 is 0.938 bits per heavy atom. The number of benzene rings is 2. The van der Waals surface area contributed by atoms with Crippen molar-refractivity contribution in [2.24, 2.45) is 0 Å². The molecule has 168 valence electrons. The zero-order valence-electron chi connectivity index (χ0n) is 18.5. The molecule has 0 saturated heterocycles. The van der Waals surface area contributed by atoms with E-state index in [0.29, 0.717) is 11.3 Å². The van der Waals surface area contributed by atoms with Crippen LogP contribution in [0.4, 0.5) is 5.69 Å². The largest absolute Gasteiger partial charge is 0.497 e. The number of nitrogens with zero attached hydrogens (tertiary/aromatic N) is 1. The van der Waals surface area contributed by atoms with Crippen LogP contribution in [0.3, 0.4) is 0 Å². The molecular formula is C24H26N2O6. The number of fused-ring (bicyclic) bond motifs is 2. The zero-order chi connectivity index (χ0) is 23.1. The lowest BCUT2D eigenvalue weighted by atomic mass is 9.91. The van der Waals surface area contributed by atoms with Gasteiger partial charge in [-0.2, -0.15) is 0 Å². The van der Waals surface area contributed by atoms with Crippen LogP contribution in [0.15, 0.2) is 48.7 Å². The zero-order valence-corrected chi connectivity index (χ0v) is 18.5. The van der Waals surface area contributed by atoms with E-state index >= 15 is 0 Å². The first kappa shape index (κ1) is 22.9. The Kier molecular flexibility index (Phi) is 7.49. The molecule has 1 aliphatic heterocycles. The second kappa shape index (κ2) is 10.5. The van der Waals surface area contributed by atoms with E-state index in [4.69, 9.17) is 18.9 Å². The molecule has 2 heterocycles. The molecule has 1 unspecified atom stereocenters. The van der Waals surface area contributed by atoms with Gasteiger partial charge in [0.15, 0.2) is 0 Å². The average Bonchev–Trinajstić information content (AvgIpc) is 2.86. The Bertz CT molecular complexity index is 1110. The van der Waals surface area contributed by atoms with Crippen molar-refractivity contribution in [3.8, 4) is 11.5 Å². The second-order valence-electron chi connectivity index (χ2n) is 6.98. The summed E-state index contributed by atoms with van der Waals surface area (Å²) in [4.78, 5) is 27.3. The normalized spacial score (nSPS) is 14.2. The Morgan fingerprint density at radius 3 is 2.34 bits per heavy atom. The van der Waals surface area contributed by atoms with Gasteiger partial charge in [-0.3, -0.25) is 9.78 Å². The lowest BCUT2D eigenvalue weighted by Gasteiger charge is -2.25. The maximum Gasteiger partial charge on any atom is 0.338 e. The molecule has 0 spiro atoms. The fourth-order valence-corrected chi connectivity index (χ4v) is 3.55. The molecule has 3 aromatic rings. The molecular weight excluding hydrogens is 412 g/mol. The molecule has 8 heteroatoms. The number of hydrogen-bond acceptors (Lipinski definition) is 8. The Balaban J connectivity index is 0.000000181. The number of nitrogens with one attached hydrogen (secondary N) is 1. The highest BCUT2D eigenvalue weighted by Crippen LogP contribution is 2.34. The minimum absolute atomic E-state index is 0.184. The molecule has 32 heavy (non-hydrogen) atoms. The number of pyridine rings is 1. The topological polar surface area (TPSA) is 96.0 Å². The molecule has 1 aliphatic rings. The van der Waals surface area contributed by atoms with Crippen molar-refractivity contribution in [1.29, 1.82) is 0 Å². The second-order valence-corrected chi connectivity index (χ2v) is 6.98. The summed E-state index contributed by atoms with van der Waals surface area (Å²) in [7, 11) is 5.97. The number of hydrogen-bond donors (Lipinski definition) is 1. The van der Waals surface area contributed by atoms with Gasteiger partial charge in [-0.05, 0) is 54.4 Å². The van der Waals surface area contributed by atoms with Gasteiger partial charge >= 0.3 is 11.9 Å². The number of aromatic nitrogens is 1. The van der Waals surface area contributed by atoms with Crippen molar-refractivity contribution in [2.75, 3.05) is 40.3 Å². The third-order valence-corrected chi connectivity index (χ3v) is 5.22. The molecule has 0 amide bonds. The Labute approximate surface area is 186 Å². The molecule has 4 rings (SSSR count). The Hall–Kier alpha value is -3.81. The molecule has 0 fully saturated rings. The van der Waals surface area contributed by atoms with Crippen LogP contribution in [-0.2, 0) is 14.3 Å². The molecule has 8 nitrogen and oxygen atoms in total. The van der Waals surface area contributed by atoms with Gasteiger partial charge in [0.25, 0.3) is 0 Å². The molecule has 0 bridgehead atoms. The molecule has 1 atom stereocenters. The number of rotatable bonds is 4. The third kappa shape index (κ3) is 4.91. The molecule has 1 aromatic heterocycles. The van der Waals surface area contributed by atoms with Crippen molar-refractivity contribution >= 4 is 28.5 Å². The monoisotopic (exact) mass is 438 g/mol. The van der Waals surface area contributed by atoms with E-state index in [2.05, 4.69) is 10.3 Å². The van der Waals surface area contributed by atoms with Crippen molar-refractivity contribution in [3.63, 3.8) is 0 Å². The highest BCUT2D eigenvalue weighted by Gasteiger charge is 2.27. The van der Waals surface area contributed by atoms with Gasteiger partial charge in [0, 0.05) is 23.8 Å². The summed E-state index contributed by atoms with van der Waals surface area (Å²) in [5.74, 6) is 0.704. The van der Waals surface area contributed by atoms with Crippen LogP contribution in [0.2, 0.25) is 0 Å². The van der Waals surface area contributed by atoms with E-state index in [1.54, 1.807) is 44.7 Å². The minimum atomic E-state index is -0.374. The van der Waals surface area contributed by atoms with Crippen LogP contribution < -0.4 is 14.8 Å². The fraction of sp³-hybridized carbons (Fsp3) is 0.292. The summed E-state index contributed by atoms with van der Waals surface area (Å²) < 4.78 is 19.8. The van der Waals surface area contributed by atoms with Crippen LogP contribution in [-0.4, -0.2) is 51.9 Å². The minimum Gasteiger partial charge on any atom is -0.497 e. The quantitative estimate of drug-likeness (QED) is 0.615. The van der Waals surface area contributed by atoms with E-state index in [-0.39, 0.29) is 17.9 Å². The molecule has 0 saturated carbocycles. The first-order valence-corrected chi connectivity index (χ1v) is 10.0. The van der Waals surface area contributed by atoms with Crippen molar-refractivity contribution in [2.45, 2.75) is 12.3 Å². The number of carbonyl (C=O) groups excluding carboxylic acids is 2. The highest BCUT2D eigenvalue weighted by molar-refractivity contribution is 6.03. The van der Waals surface area contributed by atoms with Gasteiger partial charge in [-0.1, -0.05) is 0 Å². The van der Waals surface area contributed by atoms with Crippen molar-refractivity contribution in [3.05, 3.63) is 59.8 Å². The van der Waals surface area contributed by atoms with E-state index in [0.717, 1.165) is 40.9 Å². The van der Waals surface area contributed by atoms with E-state index < -0.39 is 0 Å². The van der Waals surface area contributed by atoms with Crippen LogP contribution in [0.1, 0.15) is 28.3 Å². The lowest BCUT2D eigenvalue weighted by Crippen LogP contribution is -2.23. The summed E-state index contributed by atoms with van der Waals surface area (Å²) in [6, 6.07) is 12.7. The molecule has 2 aromatic carbocycles. The maximum atomic E-state index is 11.6. The van der Waals surface area contributed by atoms with Gasteiger partial charge in [-0.15, -0.1) is 0 Å². The standard InChI is InChI=1S/C12H15NO3.C12H11NO3/c2*1-15-8-3-4-11-10(7-8)9(5-6-13-11)12(14)16-2/h3-4,7,9,13H,5-6H2,1-2H3;3-7H,1-2H3. The lowest BCUT2D eigenvalue weighted by molar-refractivity contribution is -0.142. The maximum absolute atomic E-state index is 11.6. The summed E-state index contributed by atoms with van der Waals surface area (Å²) in [6.45, 7) is 0.791. The summed E-state index contributed by atoms with van der Waals surface area (Å²) in [5, 5.41) is 3.99.